The minimum Gasteiger partial charge on any atom is -0.348 e. The summed E-state index contributed by atoms with van der Waals surface area (Å²) < 4.78 is 56.8. The van der Waals surface area contributed by atoms with E-state index in [9.17, 15) is 22.8 Å². The van der Waals surface area contributed by atoms with Gasteiger partial charge in [0.15, 0.2) is 10.8 Å². The second kappa shape index (κ2) is 11.0. The smallest absolute Gasteiger partial charge is 0.348 e. The molecule has 1 aromatic heterocycles. The van der Waals surface area contributed by atoms with Crippen LogP contribution in [0.2, 0.25) is 0 Å². The Morgan fingerprint density at radius 1 is 1.07 bits per heavy atom. The minimum absolute atomic E-state index is 0.0734. The molecular weight excluding hydrogens is 596 g/mol. The van der Waals surface area contributed by atoms with E-state index in [1.54, 1.807) is 35.4 Å². The first kappa shape index (κ1) is 29.3. The van der Waals surface area contributed by atoms with Gasteiger partial charge in [0, 0.05) is 34.4 Å². The lowest BCUT2D eigenvalue weighted by atomic mass is 9.80. The summed E-state index contributed by atoms with van der Waals surface area (Å²) in [6.07, 6.45) is -0.224. The second-order valence-electron chi connectivity index (χ2n) is 10.8. The summed E-state index contributed by atoms with van der Waals surface area (Å²) in [5.74, 6) is -1.53. The molecule has 1 saturated heterocycles. The molecule has 1 aliphatic carbocycles. The molecule has 0 radical (unpaired) electrons. The standard InChI is InChI=1S/C31H24F4N6O2S/c1-36-26-10-8-21(14-23(26)31(33,34)35)40-28(43)30(11-3-2-4-12-30)41(29(40)44)22-7-5-19(24(32)15-22)16-37-27(42)18-6-9-25-20(13-18)17-38-39-25/h5-10,13-15,17H,2-4,11-12,16H2,(H,37,42)(H,38,39). The van der Waals surface area contributed by atoms with E-state index in [-0.39, 0.29) is 28.6 Å². The number of halogens is 4. The molecule has 0 unspecified atom stereocenters. The van der Waals surface area contributed by atoms with Gasteiger partial charge in [0.1, 0.15) is 11.4 Å². The Labute approximate surface area is 254 Å². The third-order valence-corrected chi connectivity index (χ3v) is 8.56. The third-order valence-electron chi connectivity index (χ3n) is 8.19. The largest absolute Gasteiger partial charge is 0.407 e. The second-order valence-corrected chi connectivity index (χ2v) is 11.2. The SMILES string of the molecule is [C-]#[N+]c1ccc(N2C(=O)C3(CCCCC3)N(c3ccc(CNC(=O)c4ccc5[nH]ncc5c4)c(F)c3)C2=S)cc1C(F)(F)F. The van der Waals surface area contributed by atoms with Crippen molar-refractivity contribution in [1.29, 1.82) is 0 Å². The van der Waals surface area contributed by atoms with Crippen LogP contribution >= 0.6 is 12.2 Å². The van der Waals surface area contributed by atoms with E-state index < -0.39 is 40.6 Å². The molecule has 3 aromatic carbocycles. The predicted octanol–water partition coefficient (Wildman–Crippen LogP) is 7.04. The number of carbonyl (C=O) groups excluding carboxylic acids is 2. The molecule has 2 heterocycles. The molecule has 2 amide bonds. The zero-order chi connectivity index (χ0) is 31.2. The Bertz CT molecular complexity index is 1860. The monoisotopic (exact) mass is 620 g/mol. The molecule has 1 spiro atoms. The first-order valence-electron chi connectivity index (χ1n) is 13.8. The highest BCUT2D eigenvalue weighted by molar-refractivity contribution is 7.81. The average molecular weight is 621 g/mol. The lowest BCUT2D eigenvalue weighted by molar-refractivity contribution is -0.136. The zero-order valence-electron chi connectivity index (χ0n) is 23.0. The molecule has 2 fully saturated rings. The first-order valence-corrected chi connectivity index (χ1v) is 14.2. The molecule has 6 rings (SSSR count). The number of H-pyrrole nitrogens is 1. The highest BCUT2D eigenvalue weighted by atomic mass is 32.1. The van der Waals surface area contributed by atoms with Gasteiger partial charge in [0.2, 0.25) is 0 Å². The van der Waals surface area contributed by atoms with Crippen LogP contribution in [0.1, 0.15) is 53.6 Å². The number of nitrogens with zero attached hydrogens (tertiary/aromatic N) is 4. The molecular formula is C31H24F4N6O2S. The number of anilines is 2. The van der Waals surface area contributed by atoms with Gasteiger partial charge in [-0.25, -0.2) is 9.24 Å². The van der Waals surface area contributed by atoms with Crippen molar-refractivity contribution in [2.45, 2.75) is 50.4 Å². The van der Waals surface area contributed by atoms with E-state index in [0.29, 0.717) is 31.2 Å². The summed E-state index contributed by atoms with van der Waals surface area (Å²) in [5.41, 5.74) is -1.43. The number of aromatic amines is 1. The van der Waals surface area contributed by atoms with E-state index in [2.05, 4.69) is 20.4 Å². The fraction of sp³-hybridized carbons (Fsp3) is 0.258. The Hall–Kier alpha value is -4.83. The van der Waals surface area contributed by atoms with Crippen LogP contribution in [-0.4, -0.2) is 32.7 Å². The quantitative estimate of drug-likeness (QED) is 0.142. The number of carbonyl (C=O) groups is 2. The van der Waals surface area contributed by atoms with Crippen LogP contribution in [0.4, 0.5) is 34.6 Å². The number of hydrogen-bond donors (Lipinski definition) is 2. The zero-order valence-corrected chi connectivity index (χ0v) is 23.9. The van der Waals surface area contributed by atoms with Crippen molar-refractivity contribution >= 4 is 57.1 Å². The van der Waals surface area contributed by atoms with Gasteiger partial charge in [-0.3, -0.25) is 19.6 Å². The number of alkyl halides is 3. The summed E-state index contributed by atoms with van der Waals surface area (Å²) in [6.45, 7) is 7.02. The Kier molecular flexibility index (Phi) is 7.33. The van der Waals surface area contributed by atoms with Gasteiger partial charge in [-0.15, -0.1) is 0 Å². The Morgan fingerprint density at radius 2 is 1.82 bits per heavy atom. The highest BCUT2D eigenvalue weighted by Gasteiger charge is 2.56. The predicted molar refractivity (Wildman–Crippen MR) is 160 cm³/mol. The fourth-order valence-corrected chi connectivity index (χ4v) is 6.47. The van der Waals surface area contributed by atoms with Gasteiger partial charge in [0.25, 0.3) is 11.8 Å². The average Bonchev–Trinajstić information content (AvgIpc) is 3.56. The van der Waals surface area contributed by atoms with Crippen molar-refractivity contribution in [2.24, 2.45) is 0 Å². The number of hydrogen-bond acceptors (Lipinski definition) is 4. The maximum absolute atomic E-state index is 15.5. The molecule has 1 saturated carbocycles. The summed E-state index contributed by atoms with van der Waals surface area (Å²) in [4.78, 5) is 32.3. The van der Waals surface area contributed by atoms with E-state index in [4.69, 9.17) is 18.8 Å². The van der Waals surface area contributed by atoms with Crippen LogP contribution < -0.4 is 15.1 Å². The molecule has 224 valence electrons. The van der Waals surface area contributed by atoms with Gasteiger partial charge < -0.3 is 10.2 Å². The highest BCUT2D eigenvalue weighted by Crippen LogP contribution is 2.46. The summed E-state index contributed by atoms with van der Waals surface area (Å²) >= 11 is 5.70. The van der Waals surface area contributed by atoms with Gasteiger partial charge in [-0.2, -0.15) is 18.3 Å². The normalized spacial score (nSPS) is 16.5. The van der Waals surface area contributed by atoms with Crippen LogP contribution in [0.3, 0.4) is 0 Å². The summed E-state index contributed by atoms with van der Waals surface area (Å²) in [6, 6.07) is 12.4. The number of fused-ring (bicyclic) bond motifs is 1. The van der Waals surface area contributed by atoms with E-state index in [1.807, 2.05) is 0 Å². The Morgan fingerprint density at radius 3 is 2.52 bits per heavy atom. The van der Waals surface area contributed by atoms with Gasteiger partial charge in [-0.05, 0) is 67.5 Å². The summed E-state index contributed by atoms with van der Waals surface area (Å²) in [5, 5.41) is 10.1. The van der Waals surface area contributed by atoms with Gasteiger partial charge >= 0.3 is 6.18 Å². The first-order chi connectivity index (χ1) is 21.0. The van der Waals surface area contributed by atoms with Crippen molar-refractivity contribution in [1.82, 2.24) is 15.5 Å². The van der Waals surface area contributed by atoms with E-state index >= 15 is 4.39 Å². The van der Waals surface area contributed by atoms with Crippen LogP contribution in [-0.2, 0) is 17.5 Å². The third kappa shape index (κ3) is 4.94. The van der Waals surface area contributed by atoms with Crippen molar-refractivity contribution < 1.29 is 27.2 Å². The van der Waals surface area contributed by atoms with Crippen molar-refractivity contribution in [3.05, 3.63) is 94.7 Å². The minimum atomic E-state index is -4.82. The van der Waals surface area contributed by atoms with Gasteiger partial charge in [0.05, 0.1) is 23.8 Å². The van der Waals surface area contributed by atoms with Crippen LogP contribution in [0.5, 0.6) is 0 Å². The lowest BCUT2D eigenvalue weighted by Gasteiger charge is -2.39. The number of benzene rings is 3. The number of amides is 2. The molecule has 13 heteroatoms. The van der Waals surface area contributed by atoms with Crippen LogP contribution in [0, 0.1) is 12.4 Å². The molecule has 2 aliphatic rings. The molecule has 0 bridgehead atoms. The molecule has 44 heavy (non-hydrogen) atoms. The van der Waals surface area contributed by atoms with Crippen molar-refractivity contribution in [2.75, 3.05) is 9.80 Å². The maximum Gasteiger partial charge on any atom is 0.407 e. The van der Waals surface area contributed by atoms with E-state index in [0.717, 1.165) is 34.4 Å². The number of rotatable bonds is 5. The number of thiocarbonyl (C=S) groups is 1. The van der Waals surface area contributed by atoms with Crippen molar-refractivity contribution in [3.63, 3.8) is 0 Å². The topological polar surface area (TPSA) is 85.7 Å². The molecule has 1 aliphatic heterocycles. The molecule has 2 N–H and O–H groups in total. The number of nitrogens with one attached hydrogen (secondary N) is 2. The molecule has 0 atom stereocenters. The maximum atomic E-state index is 15.5. The molecule has 4 aromatic rings. The van der Waals surface area contributed by atoms with Gasteiger partial charge in [-0.1, -0.05) is 31.4 Å². The fourth-order valence-electron chi connectivity index (χ4n) is 6.00. The summed E-state index contributed by atoms with van der Waals surface area (Å²) in [7, 11) is 0. The molecule has 8 nitrogen and oxygen atoms in total. The van der Waals surface area contributed by atoms with Crippen LogP contribution in [0.15, 0.2) is 60.8 Å². The Balaban J connectivity index is 1.29. The lowest BCUT2D eigenvalue weighted by Crippen LogP contribution is -2.51. The number of aromatic nitrogens is 2. The van der Waals surface area contributed by atoms with Crippen molar-refractivity contribution in [3.8, 4) is 0 Å². The van der Waals surface area contributed by atoms with Crippen LogP contribution in [0.25, 0.3) is 15.7 Å². The van der Waals surface area contributed by atoms with E-state index in [1.165, 1.54) is 18.2 Å².